The number of hydrogen-bond donors (Lipinski definition) is 1. The third kappa shape index (κ3) is 3.12. The quantitative estimate of drug-likeness (QED) is 0.877. The van der Waals surface area contributed by atoms with Crippen LogP contribution in [0.3, 0.4) is 0 Å². The Morgan fingerprint density at radius 2 is 1.89 bits per heavy atom. The normalized spacial score (nSPS) is 11.2. The minimum absolute atomic E-state index is 0.0358. The van der Waals surface area contributed by atoms with E-state index in [0.29, 0.717) is 5.75 Å². The van der Waals surface area contributed by atoms with E-state index in [1.807, 2.05) is 0 Å². The van der Waals surface area contributed by atoms with Crippen molar-refractivity contribution in [3.63, 3.8) is 0 Å². The lowest BCUT2D eigenvalue weighted by Gasteiger charge is -2.05. The van der Waals surface area contributed by atoms with Gasteiger partial charge in [0, 0.05) is 22.8 Å². The molecule has 1 aromatic carbocycles. The Bertz CT molecular complexity index is 672. The first-order valence-corrected chi connectivity index (χ1v) is 7.15. The van der Waals surface area contributed by atoms with Crippen molar-refractivity contribution in [2.75, 3.05) is 0 Å². The van der Waals surface area contributed by atoms with E-state index >= 15 is 0 Å². The maximum Gasteiger partial charge on any atom is 0.278 e. The Hall–Kier alpha value is -1.79. The lowest BCUT2D eigenvalue weighted by Crippen LogP contribution is -1.96. The van der Waals surface area contributed by atoms with Gasteiger partial charge >= 0.3 is 0 Å². The van der Waals surface area contributed by atoms with Crippen molar-refractivity contribution in [2.24, 2.45) is 0 Å². The molecule has 0 spiro atoms. The molecule has 0 aliphatic rings. The maximum absolute atomic E-state index is 11.1. The van der Waals surface area contributed by atoms with E-state index in [9.17, 15) is 13.5 Å². The summed E-state index contributed by atoms with van der Waals surface area (Å²) in [6.07, 6.45) is 0. The van der Waals surface area contributed by atoms with Crippen LogP contribution in [-0.2, 0) is 9.05 Å². The molecule has 0 radical (unpaired) electrons. The number of nitrogens with zero attached hydrogens (tertiary/aromatic N) is 1. The van der Waals surface area contributed by atoms with Crippen LogP contribution in [-0.4, -0.2) is 18.5 Å². The molecule has 0 saturated carbocycles. The van der Waals surface area contributed by atoms with Crippen LogP contribution in [0.4, 0.5) is 0 Å². The van der Waals surface area contributed by atoms with E-state index in [1.165, 1.54) is 30.3 Å². The number of aromatic nitrogens is 1. The third-order valence-electron chi connectivity index (χ3n) is 1.99. The van der Waals surface area contributed by atoms with Gasteiger partial charge in [0.05, 0.1) is 0 Å². The molecule has 0 bridgehead atoms. The molecule has 0 saturated heterocycles. The largest absolute Gasteiger partial charge is 0.508 e. The third-order valence-corrected chi connectivity index (χ3v) is 3.19. The molecule has 94 valence electrons. The average Bonchev–Trinajstić information content (AvgIpc) is 2.28. The molecular formula is C11H8ClNO4S. The van der Waals surface area contributed by atoms with E-state index in [2.05, 4.69) is 4.98 Å². The number of hydrogen-bond acceptors (Lipinski definition) is 5. The molecule has 0 aliphatic carbocycles. The zero-order chi connectivity index (χ0) is 13.2. The number of benzene rings is 1. The van der Waals surface area contributed by atoms with Crippen LogP contribution in [0.15, 0.2) is 47.5 Å². The molecule has 1 aromatic heterocycles. The minimum Gasteiger partial charge on any atom is -0.508 e. The minimum atomic E-state index is -3.89. The van der Waals surface area contributed by atoms with Gasteiger partial charge in [0.2, 0.25) is 5.88 Å². The Morgan fingerprint density at radius 3 is 2.56 bits per heavy atom. The van der Waals surface area contributed by atoms with Gasteiger partial charge in [-0.2, -0.15) is 0 Å². The summed E-state index contributed by atoms with van der Waals surface area (Å²) in [7, 11) is 1.28. The van der Waals surface area contributed by atoms with Crippen molar-refractivity contribution in [1.82, 2.24) is 4.98 Å². The number of pyridine rings is 1. The van der Waals surface area contributed by atoms with E-state index < -0.39 is 9.05 Å². The van der Waals surface area contributed by atoms with Crippen LogP contribution in [0.2, 0.25) is 0 Å². The highest BCUT2D eigenvalue weighted by Crippen LogP contribution is 2.24. The summed E-state index contributed by atoms with van der Waals surface area (Å²) in [6, 6.07) is 10.3. The number of phenolic OH excluding ortho intramolecular Hbond substituents is 1. The summed E-state index contributed by atoms with van der Waals surface area (Å²) in [6.45, 7) is 0. The second-order valence-corrected chi connectivity index (χ2v) is 5.86. The Labute approximate surface area is 108 Å². The molecule has 0 fully saturated rings. The van der Waals surface area contributed by atoms with Crippen LogP contribution in [0, 0.1) is 0 Å². The van der Waals surface area contributed by atoms with Gasteiger partial charge in [-0.1, -0.05) is 12.1 Å². The lowest BCUT2D eigenvalue weighted by atomic mass is 10.3. The summed E-state index contributed by atoms with van der Waals surface area (Å²) >= 11 is 0. The number of aromatic hydroxyl groups is 1. The molecule has 18 heavy (non-hydrogen) atoms. The Morgan fingerprint density at radius 1 is 1.17 bits per heavy atom. The fourth-order valence-corrected chi connectivity index (χ4v) is 1.95. The Balaban J connectivity index is 2.30. The fraction of sp³-hybridized carbons (Fsp3) is 0. The molecule has 2 rings (SSSR count). The molecule has 1 N–H and O–H groups in total. The first kappa shape index (κ1) is 12.7. The van der Waals surface area contributed by atoms with Crippen LogP contribution >= 0.6 is 10.7 Å². The lowest BCUT2D eigenvalue weighted by molar-refractivity contribution is 0.442. The van der Waals surface area contributed by atoms with Gasteiger partial charge in [0.15, 0.2) is 5.03 Å². The highest BCUT2D eigenvalue weighted by Gasteiger charge is 2.12. The predicted octanol–water partition coefficient (Wildman–Crippen LogP) is 2.51. The van der Waals surface area contributed by atoms with Crippen LogP contribution in [0.5, 0.6) is 17.4 Å². The molecule has 0 amide bonds. The van der Waals surface area contributed by atoms with Gasteiger partial charge in [-0.15, -0.1) is 0 Å². The van der Waals surface area contributed by atoms with Crippen molar-refractivity contribution in [2.45, 2.75) is 5.03 Å². The fourth-order valence-electron chi connectivity index (χ4n) is 1.26. The highest BCUT2D eigenvalue weighted by atomic mass is 35.7. The standard InChI is InChI=1S/C11H8ClNO4S/c12-18(15,16)11-6-2-5-10(13-11)17-9-4-1-3-8(14)7-9/h1-7,14H. The van der Waals surface area contributed by atoms with Gasteiger partial charge in [-0.3, -0.25) is 0 Å². The summed E-state index contributed by atoms with van der Waals surface area (Å²) < 4.78 is 27.5. The summed E-state index contributed by atoms with van der Waals surface area (Å²) in [4.78, 5) is 3.75. The van der Waals surface area contributed by atoms with E-state index in [-0.39, 0.29) is 16.7 Å². The molecule has 0 unspecified atom stereocenters. The van der Waals surface area contributed by atoms with Crippen LogP contribution in [0.25, 0.3) is 0 Å². The average molecular weight is 286 g/mol. The summed E-state index contributed by atoms with van der Waals surface area (Å²) in [5.41, 5.74) is 0. The van der Waals surface area contributed by atoms with Gasteiger partial charge in [-0.25, -0.2) is 13.4 Å². The van der Waals surface area contributed by atoms with Crippen LogP contribution < -0.4 is 4.74 Å². The molecule has 0 aliphatic heterocycles. The molecule has 2 aromatic rings. The topological polar surface area (TPSA) is 76.5 Å². The van der Waals surface area contributed by atoms with Gasteiger partial charge in [0.25, 0.3) is 9.05 Å². The number of phenols is 1. The first-order valence-electron chi connectivity index (χ1n) is 4.84. The molecule has 0 atom stereocenters. The Kier molecular flexibility index (Phi) is 3.40. The van der Waals surface area contributed by atoms with Crippen molar-refractivity contribution < 1.29 is 18.3 Å². The maximum atomic E-state index is 11.1. The predicted molar refractivity (Wildman–Crippen MR) is 65.5 cm³/mol. The zero-order valence-electron chi connectivity index (χ0n) is 8.95. The van der Waals surface area contributed by atoms with Crippen molar-refractivity contribution in [3.8, 4) is 17.4 Å². The van der Waals surface area contributed by atoms with E-state index in [1.54, 1.807) is 12.1 Å². The smallest absolute Gasteiger partial charge is 0.278 e. The summed E-state index contributed by atoms with van der Waals surface area (Å²) in [5.74, 6) is 0.447. The molecular weight excluding hydrogens is 278 g/mol. The van der Waals surface area contributed by atoms with Crippen molar-refractivity contribution >= 4 is 19.7 Å². The number of halogens is 1. The highest BCUT2D eigenvalue weighted by molar-refractivity contribution is 8.13. The van der Waals surface area contributed by atoms with Crippen LogP contribution in [0.1, 0.15) is 0 Å². The SMILES string of the molecule is O=S(=O)(Cl)c1cccc(Oc2cccc(O)c2)n1. The van der Waals surface area contributed by atoms with Gasteiger partial charge < -0.3 is 9.84 Å². The zero-order valence-corrected chi connectivity index (χ0v) is 10.5. The second-order valence-electron chi connectivity index (χ2n) is 3.35. The molecule has 7 heteroatoms. The van der Waals surface area contributed by atoms with Gasteiger partial charge in [-0.05, 0) is 18.2 Å². The summed E-state index contributed by atoms with van der Waals surface area (Å²) in [5, 5.41) is 8.97. The monoisotopic (exact) mass is 285 g/mol. The number of rotatable bonds is 3. The van der Waals surface area contributed by atoms with E-state index in [0.717, 1.165) is 0 Å². The van der Waals surface area contributed by atoms with Crippen molar-refractivity contribution in [1.29, 1.82) is 0 Å². The van der Waals surface area contributed by atoms with Crippen molar-refractivity contribution in [3.05, 3.63) is 42.5 Å². The first-order chi connectivity index (χ1) is 8.45. The second kappa shape index (κ2) is 4.83. The van der Waals surface area contributed by atoms with Gasteiger partial charge in [0.1, 0.15) is 11.5 Å². The molecule has 1 heterocycles. The number of ether oxygens (including phenoxy) is 1. The molecule has 5 nitrogen and oxygen atoms in total. The van der Waals surface area contributed by atoms with E-state index in [4.69, 9.17) is 15.4 Å².